The van der Waals surface area contributed by atoms with E-state index >= 15 is 0 Å². The molecule has 3 atom stereocenters. The van der Waals surface area contributed by atoms with E-state index < -0.39 is 60.4 Å². The second-order valence-electron chi connectivity index (χ2n) is 13.5. The van der Waals surface area contributed by atoms with Crippen molar-refractivity contribution >= 4 is 47.1 Å². The van der Waals surface area contributed by atoms with Gasteiger partial charge in [0.2, 0.25) is 17.7 Å². The summed E-state index contributed by atoms with van der Waals surface area (Å²) < 4.78 is 5.36. The van der Waals surface area contributed by atoms with Gasteiger partial charge in [0, 0.05) is 30.8 Å². The molecule has 0 aliphatic heterocycles. The molecule has 7 N–H and O–H groups in total. The molecule has 0 radical (unpaired) electrons. The highest BCUT2D eigenvalue weighted by atomic mass is 16.5. The summed E-state index contributed by atoms with van der Waals surface area (Å²) in [6, 6.07) is 9.84. The Hall–Kier alpha value is -4.98. The van der Waals surface area contributed by atoms with Crippen molar-refractivity contribution in [1.82, 2.24) is 16.0 Å². The molecule has 49 heavy (non-hydrogen) atoms. The third-order valence-corrected chi connectivity index (χ3v) is 7.02. The van der Waals surface area contributed by atoms with Crippen molar-refractivity contribution in [1.29, 1.82) is 0 Å². The van der Waals surface area contributed by atoms with Gasteiger partial charge in [-0.1, -0.05) is 64.4 Å². The Morgan fingerprint density at radius 1 is 0.735 bits per heavy atom. The third-order valence-electron chi connectivity index (χ3n) is 7.02. The van der Waals surface area contributed by atoms with Gasteiger partial charge in [0.1, 0.15) is 12.1 Å². The number of carbonyl (C=O) groups is 6. The van der Waals surface area contributed by atoms with Crippen LogP contribution >= 0.6 is 0 Å². The highest BCUT2D eigenvalue weighted by molar-refractivity contribution is 5.99. The van der Waals surface area contributed by atoms with Crippen LogP contribution in [-0.4, -0.2) is 77.2 Å². The molecule has 0 aliphatic carbocycles. The molecule has 0 aliphatic rings. The van der Waals surface area contributed by atoms with Crippen molar-refractivity contribution in [2.75, 3.05) is 23.8 Å². The number of aryl methyl sites for hydroxylation is 1. The summed E-state index contributed by atoms with van der Waals surface area (Å²) in [5, 5.41) is 32.1. The van der Waals surface area contributed by atoms with Crippen LogP contribution in [0.5, 0.6) is 0 Å². The Labute approximate surface area is 286 Å². The predicted molar refractivity (Wildman–Crippen MR) is 184 cm³/mol. The zero-order valence-electron chi connectivity index (χ0n) is 28.9. The van der Waals surface area contributed by atoms with Gasteiger partial charge in [-0.3, -0.25) is 14.4 Å². The summed E-state index contributed by atoms with van der Waals surface area (Å²) in [6.07, 6.45) is 0.102. The lowest BCUT2D eigenvalue weighted by molar-refractivity contribution is -0.145. The molecule has 0 saturated carbocycles. The number of amides is 5. The lowest BCUT2D eigenvalue weighted by Crippen LogP contribution is -2.52. The van der Waals surface area contributed by atoms with E-state index in [4.69, 9.17) is 4.74 Å². The van der Waals surface area contributed by atoms with Gasteiger partial charge in [0.05, 0.1) is 13.0 Å². The number of hydrogen-bond acceptors (Lipinski definition) is 7. The molecule has 2 rings (SSSR count). The van der Waals surface area contributed by atoms with Crippen LogP contribution in [0.15, 0.2) is 48.5 Å². The minimum Gasteiger partial charge on any atom is -0.480 e. The van der Waals surface area contributed by atoms with Crippen LogP contribution in [0.1, 0.15) is 65.0 Å². The van der Waals surface area contributed by atoms with E-state index in [1.807, 2.05) is 53.7 Å². The molecular weight excluding hydrogens is 634 g/mol. The average Bonchev–Trinajstić information content (AvgIpc) is 2.98. The molecule has 14 nitrogen and oxygen atoms in total. The standard InChI is InChI=1S/C35H49N5O9/c1-21(2)17-27(31(43)40-26(32(44)45)15-16-49-20-28(33(46)47)39-30(42)19-35(4,5)6)38-29(41)18-23-9-13-25(14-10-23)37-34(48)36-24-11-7-22(3)8-12-24/h7-14,21,26-28H,15-20H2,1-6H3,(H,38,41)(H,39,42)(H,40,43)(H,44,45)(H,46,47)(H2,36,37,48). The van der Waals surface area contributed by atoms with Crippen molar-refractivity contribution in [2.24, 2.45) is 11.3 Å². The molecule has 0 fully saturated rings. The Bertz CT molecular complexity index is 1440. The van der Waals surface area contributed by atoms with Crippen LogP contribution in [-0.2, 0) is 35.1 Å². The number of benzene rings is 2. The minimum atomic E-state index is -1.37. The van der Waals surface area contributed by atoms with Gasteiger partial charge in [-0.05, 0) is 54.5 Å². The zero-order valence-corrected chi connectivity index (χ0v) is 28.9. The summed E-state index contributed by atoms with van der Waals surface area (Å²) in [5.74, 6) is -4.24. The number of carboxylic acid groups (broad SMARTS) is 2. The van der Waals surface area contributed by atoms with Crippen molar-refractivity contribution in [2.45, 2.75) is 85.4 Å². The smallest absolute Gasteiger partial charge is 0.328 e. The topological polar surface area (TPSA) is 212 Å². The van der Waals surface area contributed by atoms with Crippen molar-refractivity contribution in [3.63, 3.8) is 0 Å². The summed E-state index contributed by atoms with van der Waals surface area (Å²) in [6.45, 7) is 10.6. The Morgan fingerprint density at radius 3 is 1.78 bits per heavy atom. The van der Waals surface area contributed by atoms with Crippen molar-refractivity contribution in [3.05, 3.63) is 59.7 Å². The highest BCUT2D eigenvalue weighted by Crippen LogP contribution is 2.18. The maximum absolute atomic E-state index is 13.1. The second kappa shape index (κ2) is 19.1. The molecule has 2 aromatic rings. The molecule has 0 heterocycles. The normalized spacial score (nSPS) is 13.0. The molecule has 0 aromatic heterocycles. The fourth-order valence-electron chi connectivity index (χ4n) is 4.60. The van der Waals surface area contributed by atoms with Crippen LogP contribution in [0.25, 0.3) is 0 Å². The molecule has 14 heteroatoms. The fraction of sp³-hybridized carbons (Fsp3) is 0.486. The third kappa shape index (κ3) is 16.1. The Balaban J connectivity index is 1.91. The number of nitrogens with one attached hydrogen (secondary N) is 5. The maximum Gasteiger partial charge on any atom is 0.328 e. The summed E-state index contributed by atoms with van der Waals surface area (Å²) in [4.78, 5) is 74.0. The first-order valence-corrected chi connectivity index (χ1v) is 16.1. The molecule has 3 unspecified atom stereocenters. The van der Waals surface area contributed by atoms with E-state index in [1.165, 1.54) is 0 Å². The number of aliphatic carboxylic acids is 2. The average molecular weight is 684 g/mol. The minimum absolute atomic E-state index is 0.0134. The van der Waals surface area contributed by atoms with Gasteiger partial charge >= 0.3 is 18.0 Å². The maximum atomic E-state index is 13.1. The lowest BCUT2D eigenvalue weighted by atomic mass is 9.92. The molecule has 0 bridgehead atoms. The molecule has 0 spiro atoms. The zero-order chi connectivity index (χ0) is 36.7. The number of ether oxygens (including phenoxy) is 1. The van der Waals surface area contributed by atoms with Gasteiger partial charge in [-0.25, -0.2) is 14.4 Å². The first-order chi connectivity index (χ1) is 22.9. The monoisotopic (exact) mass is 683 g/mol. The largest absolute Gasteiger partial charge is 0.480 e. The quantitative estimate of drug-likeness (QED) is 0.114. The number of anilines is 2. The van der Waals surface area contributed by atoms with Crippen LogP contribution in [0, 0.1) is 18.3 Å². The second-order valence-corrected chi connectivity index (χ2v) is 13.5. The van der Waals surface area contributed by atoms with E-state index in [0.717, 1.165) is 5.56 Å². The van der Waals surface area contributed by atoms with Gasteiger partial charge < -0.3 is 41.5 Å². The lowest BCUT2D eigenvalue weighted by Gasteiger charge is -2.23. The van der Waals surface area contributed by atoms with E-state index in [-0.39, 0.29) is 43.6 Å². The van der Waals surface area contributed by atoms with E-state index in [2.05, 4.69) is 26.6 Å². The number of urea groups is 1. The van der Waals surface area contributed by atoms with E-state index in [0.29, 0.717) is 16.9 Å². The van der Waals surface area contributed by atoms with Crippen LogP contribution < -0.4 is 26.6 Å². The molecule has 268 valence electrons. The Kier molecular flexibility index (Phi) is 15.7. The number of carbonyl (C=O) groups excluding carboxylic acids is 4. The van der Waals surface area contributed by atoms with Gasteiger partial charge in [-0.15, -0.1) is 0 Å². The van der Waals surface area contributed by atoms with Crippen LogP contribution in [0.2, 0.25) is 0 Å². The summed E-state index contributed by atoms with van der Waals surface area (Å²) in [7, 11) is 0. The number of hydrogen-bond donors (Lipinski definition) is 7. The fourth-order valence-corrected chi connectivity index (χ4v) is 4.60. The van der Waals surface area contributed by atoms with Crippen molar-refractivity contribution in [3.8, 4) is 0 Å². The van der Waals surface area contributed by atoms with Gasteiger partial charge in [-0.2, -0.15) is 0 Å². The summed E-state index contributed by atoms with van der Waals surface area (Å²) in [5.41, 5.74) is 2.50. The van der Waals surface area contributed by atoms with Gasteiger partial charge in [0.25, 0.3) is 0 Å². The first-order valence-electron chi connectivity index (χ1n) is 16.1. The molecule has 5 amide bonds. The summed E-state index contributed by atoms with van der Waals surface area (Å²) >= 11 is 0. The highest BCUT2D eigenvalue weighted by Gasteiger charge is 2.28. The van der Waals surface area contributed by atoms with E-state index in [9.17, 15) is 39.0 Å². The number of carboxylic acids is 2. The molecular formula is C35H49N5O9. The van der Waals surface area contributed by atoms with Crippen molar-refractivity contribution < 1.29 is 43.7 Å². The first kappa shape index (κ1) is 40.2. The van der Waals surface area contributed by atoms with Crippen LogP contribution in [0.4, 0.5) is 16.2 Å². The Morgan fingerprint density at radius 2 is 1.27 bits per heavy atom. The SMILES string of the molecule is Cc1ccc(NC(=O)Nc2ccc(CC(=O)NC(CC(C)C)C(=O)NC(CCOCC(NC(=O)CC(C)(C)C)C(=O)O)C(=O)O)cc2)cc1. The predicted octanol–water partition coefficient (Wildman–Crippen LogP) is 3.69. The molecule has 2 aromatic carbocycles. The number of rotatable bonds is 18. The molecule has 0 saturated heterocycles. The van der Waals surface area contributed by atoms with E-state index in [1.54, 1.807) is 36.4 Å². The van der Waals surface area contributed by atoms with Gasteiger partial charge in [0.15, 0.2) is 6.04 Å². The van der Waals surface area contributed by atoms with Crippen LogP contribution in [0.3, 0.4) is 0 Å².